The van der Waals surface area contributed by atoms with Crippen LogP contribution in [-0.4, -0.2) is 25.3 Å². The largest absolute Gasteiger partial charge is 0.514 e. The Bertz CT molecular complexity index is 586. The third-order valence-electron chi connectivity index (χ3n) is 3.59. The second-order valence-electron chi connectivity index (χ2n) is 5.19. The highest BCUT2D eigenvalue weighted by Gasteiger charge is 2.18. The van der Waals surface area contributed by atoms with E-state index in [0.29, 0.717) is 12.3 Å². The lowest BCUT2D eigenvalue weighted by Crippen LogP contribution is -2.35. The van der Waals surface area contributed by atoms with Crippen LogP contribution in [0.5, 0.6) is 5.75 Å². The fraction of sp³-hybridized carbons (Fsp3) is 0.316. The minimum atomic E-state index is -0.660. The number of nitrogens with zero attached hydrogens (tertiary/aromatic N) is 1. The molecule has 2 aromatic carbocycles. The highest BCUT2D eigenvalue weighted by atomic mass is 16.7. The molecule has 0 fully saturated rings. The van der Waals surface area contributed by atoms with Crippen LogP contribution >= 0.6 is 0 Å². The Morgan fingerprint density at radius 3 is 2.17 bits per heavy atom. The summed E-state index contributed by atoms with van der Waals surface area (Å²) >= 11 is 0. The molecule has 1 unspecified atom stereocenters. The zero-order chi connectivity index (χ0) is 16.5. The molecule has 0 amide bonds. The summed E-state index contributed by atoms with van der Waals surface area (Å²) in [7, 11) is 0. The number of hydrogen-bond acceptors (Lipinski definition) is 4. The highest BCUT2D eigenvalue weighted by molar-refractivity contribution is 5.64. The molecule has 0 aliphatic carbocycles. The molecule has 0 aliphatic heterocycles. The standard InChI is InChI=1S/C19H23NO3/c1-3-17(15-20(4-2)16-11-7-5-8-12-16)22-19(21)23-18-13-9-6-10-14-18/h5-14,17H,3-4,15H2,1-2H3. The fourth-order valence-electron chi connectivity index (χ4n) is 2.30. The maximum Gasteiger partial charge on any atom is 0.514 e. The summed E-state index contributed by atoms with van der Waals surface area (Å²) in [5.41, 5.74) is 1.12. The highest BCUT2D eigenvalue weighted by Crippen LogP contribution is 2.16. The molecule has 0 radical (unpaired) electrons. The number of benzene rings is 2. The van der Waals surface area contributed by atoms with Crippen molar-refractivity contribution in [3.63, 3.8) is 0 Å². The van der Waals surface area contributed by atoms with Gasteiger partial charge in [-0.05, 0) is 37.6 Å². The molecule has 0 saturated carbocycles. The van der Waals surface area contributed by atoms with Gasteiger partial charge in [0.15, 0.2) is 0 Å². The van der Waals surface area contributed by atoms with E-state index in [4.69, 9.17) is 9.47 Å². The lowest BCUT2D eigenvalue weighted by atomic mass is 10.2. The van der Waals surface area contributed by atoms with Crippen LogP contribution in [0.1, 0.15) is 20.3 Å². The van der Waals surface area contributed by atoms with Crippen LogP contribution in [0.3, 0.4) is 0 Å². The molecule has 2 rings (SSSR count). The molecule has 2 aromatic rings. The van der Waals surface area contributed by atoms with E-state index in [2.05, 4.69) is 24.0 Å². The van der Waals surface area contributed by atoms with Crippen molar-refractivity contribution in [2.45, 2.75) is 26.4 Å². The van der Waals surface area contributed by atoms with Gasteiger partial charge in [0.1, 0.15) is 11.9 Å². The minimum absolute atomic E-state index is 0.216. The zero-order valence-corrected chi connectivity index (χ0v) is 13.6. The molecule has 0 bridgehead atoms. The predicted molar refractivity (Wildman–Crippen MR) is 92.0 cm³/mol. The Kier molecular flexibility index (Phi) is 6.48. The van der Waals surface area contributed by atoms with E-state index in [1.54, 1.807) is 12.1 Å². The zero-order valence-electron chi connectivity index (χ0n) is 13.6. The number of para-hydroxylation sites is 2. The first-order valence-electron chi connectivity index (χ1n) is 7.96. The second kappa shape index (κ2) is 8.83. The molecule has 4 heteroatoms. The van der Waals surface area contributed by atoms with Crippen molar-refractivity contribution in [1.29, 1.82) is 0 Å². The van der Waals surface area contributed by atoms with Crippen molar-refractivity contribution in [2.75, 3.05) is 18.0 Å². The van der Waals surface area contributed by atoms with E-state index in [1.807, 2.05) is 43.3 Å². The summed E-state index contributed by atoms with van der Waals surface area (Å²) in [6.45, 7) is 5.57. The monoisotopic (exact) mass is 313 g/mol. The Balaban J connectivity index is 1.92. The van der Waals surface area contributed by atoms with Crippen molar-refractivity contribution >= 4 is 11.8 Å². The van der Waals surface area contributed by atoms with Crippen LogP contribution in [0.25, 0.3) is 0 Å². The fourth-order valence-corrected chi connectivity index (χ4v) is 2.30. The van der Waals surface area contributed by atoms with Crippen LogP contribution in [0.2, 0.25) is 0 Å². The van der Waals surface area contributed by atoms with Gasteiger partial charge in [-0.15, -0.1) is 0 Å². The summed E-state index contributed by atoms with van der Waals surface area (Å²) in [5.74, 6) is 0.489. The Labute approximate surface area is 137 Å². The van der Waals surface area contributed by atoms with E-state index < -0.39 is 6.16 Å². The smallest absolute Gasteiger partial charge is 0.429 e. The maximum absolute atomic E-state index is 11.9. The second-order valence-corrected chi connectivity index (χ2v) is 5.19. The summed E-state index contributed by atoms with van der Waals surface area (Å²) in [6.07, 6.45) is -0.147. The van der Waals surface area contributed by atoms with Crippen LogP contribution in [0.4, 0.5) is 10.5 Å². The van der Waals surface area contributed by atoms with Crippen LogP contribution in [0.15, 0.2) is 60.7 Å². The van der Waals surface area contributed by atoms with Crippen molar-refractivity contribution in [2.24, 2.45) is 0 Å². The van der Waals surface area contributed by atoms with Crippen LogP contribution in [-0.2, 0) is 4.74 Å². The molecule has 23 heavy (non-hydrogen) atoms. The Morgan fingerprint density at radius 1 is 1.00 bits per heavy atom. The van der Waals surface area contributed by atoms with Gasteiger partial charge in [0, 0.05) is 12.2 Å². The first kappa shape index (κ1) is 16.9. The molecular weight excluding hydrogens is 290 g/mol. The summed E-state index contributed by atoms with van der Waals surface area (Å²) in [6, 6.07) is 19.1. The van der Waals surface area contributed by atoms with Gasteiger partial charge < -0.3 is 14.4 Å². The van der Waals surface area contributed by atoms with Gasteiger partial charge >= 0.3 is 6.16 Å². The summed E-state index contributed by atoms with van der Waals surface area (Å²) in [4.78, 5) is 14.1. The van der Waals surface area contributed by atoms with Crippen molar-refractivity contribution in [3.8, 4) is 5.75 Å². The Morgan fingerprint density at radius 2 is 1.61 bits per heavy atom. The Hall–Kier alpha value is -2.49. The lowest BCUT2D eigenvalue weighted by molar-refractivity contribution is 0.0594. The van der Waals surface area contributed by atoms with Crippen LogP contribution < -0.4 is 9.64 Å². The van der Waals surface area contributed by atoms with Gasteiger partial charge in [0.25, 0.3) is 0 Å². The first-order valence-corrected chi connectivity index (χ1v) is 7.96. The number of likely N-dealkylation sites (N-methyl/N-ethyl adjacent to an activating group) is 1. The molecular formula is C19H23NO3. The predicted octanol–water partition coefficient (Wildman–Crippen LogP) is 4.51. The van der Waals surface area contributed by atoms with Crippen molar-refractivity contribution in [3.05, 3.63) is 60.7 Å². The van der Waals surface area contributed by atoms with E-state index in [-0.39, 0.29) is 6.10 Å². The number of ether oxygens (including phenoxy) is 2. The molecule has 0 aromatic heterocycles. The molecule has 0 aliphatic rings. The van der Waals surface area contributed by atoms with Gasteiger partial charge in [0.2, 0.25) is 0 Å². The molecule has 0 N–H and O–H groups in total. The lowest BCUT2D eigenvalue weighted by Gasteiger charge is -2.27. The number of carbonyl (C=O) groups excluding carboxylic acids is 1. The van der Waals surface area contributed by atoms with E-state index in [9.17, 15) is 4.79 Å². The SMILES string of the molecule is CCC(CN(CC)c1ccccc1)OC(=O)Oc1ccccc1. The van der Waals surface area contributed by atoms with E-state index >= 15 is 0 Å². The van der Waals surface area contributed by atoms with Gasteiger partial charge in [-0.3, -0.25) is 0 Å². The quantitative estimate of drug-likeness (QED) is 0.557. The minimum Gasteiger partial charge on any atom is -0.429 e. The molecule has 4 nitrogen and oxygen atoms in total. The normalized spacial score (nSPS) is 11.6. The molecule has 1 atom stereocenters. The van der Waals surface area contributed by atoms with Gasteiger partial charge in [-0.1, -0.05) is 43.3 Å². The van der Waals surface area contributed by atoms with Gasteiger partial charge in [0.05, 0.1) is 6.54 Å². The number of anilines is 1. The van der Waals surface area contributed by atoms with E-state index in [0.717, 1.165) is 18.7 Å². The topological polar surface area (TPSA) is 38.8 Å². The average Bonchev–Trinajstić information content (AvgIpc) is 2.60. The first-order chi connectivity index (χ1) is 11.2. The molecule has 0 spiro atoms. The van der Waals surface area contributed by atoms with Gasteiger partial charge in [-0.25, -0.2) is 4.79 Å². The average molecular weight is 313 g/mol. The summed E-state index contributed by atoms with van der Waals surface area (Å²) in [5, 5.41) is 0. The van der Waals surface area contributed by atoms with E-state index in [1.165, 1.54) is 0 Å². The third kappa shape index (κ3) is 5.33. The molecule has 122 valence electrons. The number of carbonyl (C=O) groups is 1. The van der Waals surface area contributed by atoms with Crippen LogP contribution in [0, 0.1) is 0 Å². The van der Waals surface area contributed by atoms with Crippen molar-refractivity contribution < 1.29 is 14.3 Å². The molecule has 0 heterocycles. The maximum atomic E-state index is 11.9. The van der Waals surface area contributed by atoms with Gasteiger partial charge in [-0.2, -0.15) is 0 Å². The summed E-state index contributed by atoms with van der Waals surface area (Å²) < 4.78 is 10.6. The third-order valence-corrected chi connectivity index (χ3v) is 3.59. The number of hydrogen-bond donors (Lipinski definition) is 0. The number of rotatable bonds is 7. The molecule has 0 saturated heterocycles. The van der Waals surface area contributed by atoms with Crippen molar-refractivity contribution in [1.82, 2.24) is 0 Å².